The lowest BCUT2D eigenvalue weighted by Gasteiger charge is -2.13. The SMILES string of the molecule is O=C(CCCCCN1C(=O)c2ccccc2C1=O)c1ccccc1. The number of hydrogen-bond donors (Lipinski definition) is 0. The van der Waals surface area contributed by atoms with E-state index in [4.69, 9.17) is 0 Å². The van der Waals surface area contributed by atoms with Gasteiger partial charge < -0.3 is 0 Å². The molecule has 2 amide bonds. The van der Waals surface area contributed by atoms with Crippen LogP contribution in [0.15, 0.2) is 54.6 Å². The second-order valence-corrected chi connectivity index (χ2v) is 5.91. The molecule has 1 heterocycles. The van der Waals surface area contributed by atoms with E-state index in [9.17, 15) is 14.4 Å². The molecule has 0 aliphatic carbocycles. The summed E-state index contributed by atoms with van der Waals surface area (Å²) in [5.41, 5.74) is 1.71. The fourth-order valence-corrected chi connectivity index (χ4v) is 2.94. The van der Waals surface area contributed by atoms with Gasteiger partial charge in [0.1, 0.15) is 0 Å². The van der Waals surface area contributed by atoms with Gasteiger partial charge >= 0.3 is 0 Å². The summed E-state index contributed by atoms with van der Waals surface area (Å²) in [4.78, 5) is 37.7. The molecular formula is C20H19NO3. The van der Waals surface area contributed by atoms with Crippen LogP contribution in [0.1, 0.15) is 56.8 Å². The molecule has 0 aromatic heterocycles. The molecule has 122 valence electrons. The minimum absolute atomic E-state index is 0.135. The van der Waals surface area contributed by atoms with Crippen LogP contribution in [0.5, 0.6) is 0 Å². The van der Waals surface area contributed by atoms with Gasteiger partial charge in [0.25, 0.3) is 11.8 Å². The van der Waals surface area contributed by atoms with Crippen LogP contribution in [-0.4, -0.2) is 29.0 Å². The molecule has 0 spiro atoms. The van der Waals surface area contributed by atoms with Crippen LogP contribution in [0.3, 0.4) is 0 Å². The maximum absolute atomic E-state index is 12.2. The Labute approximate surface area is 141 Å². The van der Waals surface area contributed by atoms with Crippen molar-refractivity contribution in [1.82, 2.24) is 4.90 Å². The highest BCUT2D eigenvalue weighted by molar-refractivity contribution is 6.21. The summed E-state index contributed by atoms with van der Waals surface area (Å²) < 4.78 is 0. The Morgan fingerprint density at radius 2 is 1.33 bits per heavy atom. The molecule has 4 heteroatoms. The second kappa shape index (κ2) is 7.21. The predicted octanol–water partition coefficient (Wildman–Crippen LogP) is 3.73. The molecule has 0 atom stereocenters. The topological polar surface area (TPSA) is 54.5 Å². The van der Waals surface area contributed by atoms with Gasteiger partial charge in [-0.2, -0.15) is 0 Å². The van der Waals surface area contributed by atoms with Crippen LogP contribution in [0, 0.1) is 0 Å². The van der Waals surface area contributed by atoms with E-state index in [2.05, 4.69) is 0 Å². The zero-order chi connectivity index (χ0) is 16.9. The summed E-state index contributed by atoms with van der Waals surface area (Å²) in [7, 11) is 0. The van der Waals surface area contributed by atoms with E-state index in [0.717, 1.165) is 18.4 Å². The Hall–Kier alpha value is -2.75. The van der Waals surface area contributed by atoms with Crippen LogP contribution in [0.2, 0.25) is 0 Å². The van der Waals surface area contributed by atoms with Crippen LogP contribution in [0.25, 0.3) is 0 Å². The van der Waals surface area contributed by atoms with Crippen LogP contribution >= 0.6 is 0 Å². The number of ketones is 1. The lowest BCUT2D eigenvalue weighted by molar-refractivity contribution is 0.0650. The third kappa shape index (κ3) is 3.27. The molecule has 0 unspecified atom stereocenters. The number of unbranched alkanes of at least 4 members (excludes halogenated alkanes) is 2. The average molecular weight is 321 g/mol. The van der Waals surface area contributed by atoms with E-state index >= 15 is 0 Å². The largest absolute Gasteiger partial charge is 0.294 e. The first kappa shape index (κ1) is 16.1. The van der Waals surface area contributed by atoms with Crippen molar-refractivity contribution in [2.24, 2.45) is 0 Å². The number of benzene rings is 2. The molecule has 0 N–H and O–H groups in total. The van der Waals surface area contributed by atoms with Crippen molar-refractivity contribution in [2.75, 3.05) is 6.54 Å². The molecule has 1 aliphatic rings. The Morgan fingerprint density at radius 3 is 1.96 bits per heavy atom. The molecule has 2 aromatic rings. The van der Waals surface area contributed by atoms with E-state index in [1.165, 1.54) is 4.90 Å². The number of hydrogen-bond acceptors (Lipinski definition) is 3. The number of imide groups is 1. The summed E-state index contributed by atoms with van der Waals surface area (Å²) >= 11 is 0. The zero-order valence-corrected chi connectivity index (χ0v) is 13.4. The summed E-state index contributed by atoms with van der Waals surface area (Å²) in [6, 6.07) is 16.2. The van der Waals surface area contributed by atoms with Crippen molar-refractivity contribution in [3.63, 3.8) is 0 Å². The number of rotatable bonds is 7. The third-order valence-corrected chi connectivity index (χ3v) is 4.26. The predicted molar refractivity (Wildman–Crippen MR) is 91.0 cm³/mol. The zero-order valence-electron chi connectivity index (χ0n) is 13.4. The van der Waals surface area contributed by atoms with Gasteiger partial charge in [0.2, 0.25) is 0 Å². The summed E-state index contributed by atoms with van der Waals surface area (Å²) in [5.74, 6) is -0.289. The maximum Gasteiger partial charge on any atom is 0.261 e. The molecule has 0 fully saturated rings. The third-order valence-electron chi connectivity index (χ3n) is 4.26. The van der Waals surface area contributed by atoms with Gasteiger partial charge in [0, 0.05) is 18.5 Å². The molecule has 0 bridgehead atoms. The fourth-order valence-electron chi connectivity index (χ4n) is 2.94. The van der Waals surface area contributed by atoms with Crippen LogP contribution < -0.4 is 0 Å². The summed E-state index contributed by atoms with van der Waals surface area (Å²) in [5, 5.41) is 0. The van der Waals surface area contributed by atoms with Gasteiger partial charge in [-0.15, -0.1) is 0 Å². The highest BCUT2D eigenvalue weighted by atomic mass is 16.2. The number of amides is 2. The van der Waals surface area contributed by atoms with Gasteiger partial charge in [0.15, 0.2) is 5.78 Å². The van der Waals surface area contributed by atoms with E-state index in [-0.39, 0.29) is 17.6 Å². The number of carbonyl (C=O) groups is 3. The molecular weight excluding hydrogens is 302 g/mol. The number of nitrogens with zero attached hydrogens (tertiary/aromatic N) is 1. The van der Waals surface area contributed by atoms with Crippen molar-refractivity contribution in [3.8, 4) is 0 Å². The van der Waals surface area contributed by atoms with Crippen LogP contribution in [-0.2, 0) is 0 Å². The average Bonchev–Trinajstić information content (AvgIpc) is 2.87. The van der Waals surface area contributed by atoms with Gasteiger partial charge in [-0.05, 0) is 25.0 Å². The lowest BCUT2D eigenvalue weighted by atomic mass is 10.0. The van der Waals surface area contributed by atoms with Gasteiger partial charge in [-0.25, -0.2) is 0 Å². The van der Waals surface area contributed by atoms with E-state index in [0.29, 0.717) is 30.5 Å². The number of carbonyl (C=O) groups excluding carboxylic acids is 3. The van der Waals surface area contributed by atoms with E-state index < -0.39 is 0 Å². The van der Waals surface area contributed by atoms with Crippen molar-refractivity contribution < 1.29 is 14.4 Å². The molecule has 0 saturated heterocycles. The maximum atomic E-state index is 12.2. The highest BCUT2D eigenvalue weighted by Crippen LogP contribution is 2.22. The Bertz CT molecular complexity index is 732. The lowest BCUT2D eigenvalue weighted by Crippen LogP contribution is -2.30. The standard InChI is InChI=1S/C20H19NO3/c22-18(15-9-3-1-4-10-15)13-5-2-8-14-21-19(23)16-11-6-7-12-17(16)20(21)24/h1,3-4,6-7,9-12H,2,5,8,13-14H2. The van der Waals surface area contributed by atoms with Crippen molar-refractivity contribution in [3.05, 3.63) is 71.3 Å². The van der Waals surface area contributed by atoms with Gasteiger partial charge in [-0.1, -0.05) is 48.9 Å². The molecule has 1 aliphatic heterocycles. The minimum atomic E-state index is -0.212. The van der Waals surface area contributed by atoms with Gasteiger partial charge in [0.05, 0.1) is 11.1 Å². The quantitative estimate of drug-likeness (QED) is 0.443. The van der Waals surface area contributed by atoms with Crippen LogP contribution in [0.4, 0.5) is 0 Å². The fraction of sp³-hybridized carbons (Fsp3) is 0.250. The Kier molecular flexibility index (Phi) is 4.85. The first-order valence-corrected chi connectivity index (χ1v) is 8.22. The molecule has 0 radical (unpaired) electrons. The van der Waals surface area contributed by atoms with Crippen molar-refractivity contribution in [2.45, 2.75) is 25.7 Å². The van der Waals surface area contributed by atoms with Crippen molar-refractivity contribution in [1.29, 1.82) is 0 Å². The number of fused-ring (bicyclic) bond motifs is 1. The first-order chi connectivity index (χ1) is 11.7. The highest BCUT2D eigenvalue weighted by Gasteiger charge is 2.34. The van der Waals surface area contributed by atoms with E-state index in [1.54, 1.807) is 24.3 Å². The second-order valence-electron chi connectivity index (χ2n) is 5.91. The summed E-state index contributed by atoms with van der Waals surface area (Å²) in [6.07, 6.45) is 2.78. The normalized spacial score (nSPS) is 13.2. The minimum Gasteiger partial charge on any atom is -0.294 e. The monoisotopic (exact) mass is 321 g/mol. The molecule has 2 aromatic carbocycles. The van der Waals surface area contributed by atoms with Crippen molar-refractivity contribution >= 4 is 17.6 Å². The smallest absolute Gasteiger partial charge is 0.261 e. The first-order valence-electron chi connectivity index (χ1n) is 8.22. The van der Waals surface area contributed by atoms with Gasteiger partial charge in [-0.3, -0.25) is 19.3 Å². The molecule has 4 nitrogen and oxygen atoms in total. The number of Topliss-reactive ketones (excluding diaryl/α,β-unsaturated/α-hetero) is 1. The molecule has 24 heavy (non-hydrogen) atoms. The summed E-state index contributed by atoms with van der Waals surface area (Å²) in [6.45, 7) is 0.409. The molecule has 3 rings (SSSR count). The molecule has 0 saturated carbocycles. The Morgan fingerprint density at radius 1 is 0.750 bits per heavy atom. The van der Waals surface area contributed by atoms with E-state index in [1.807, 2.05) is 30.3 Å². The Balaban J connectivity index is 1.44.